The lowest BCUT2D eigenvalue weighted by atomic mass is 10.1. The van der Waals surface area contributed by atoms with E-state index in [1.54, 1.807) is 18.3 Å². The first-order chi connectivity index (χ1) is 15.9. The number of aromatic amines is 1. The van der Waals surface area contributed by atoms with E-state index in [-0.39, 0.29) is 18.1 Å². The molecule has 0 atom stereocenters. The number of hydrogen-bond acceptors (Lipinski definition) is 7. The van der Waals surface area contributed by atoms with Crippen LogP contribution in [0.1, 0.15) is 11.1 Å². The smallest absolute Gasteiger partial charge is 0.302 e. The molecule has 0 radical (unpaired) electrons. The van der Waals surface area contributed by atoms with E-state index in [4.69, 9.17) is 10.5 Å². The van der Waals surface area contributed by atoms with E-state index in [1.165, 1.54) is 10.5 Å². The Morgan fingerprint density at radius 1 is 1.06 bits per heavy atom. The summed E-state index contributed by atoms with van der Waals surface area (Å²) in [6.45, 7) is 1.72. The summed E-state index contributed by atoms with van der Waals surface area (Å²) in [7, 11) is -3.68. The van der Waals surface area contributed by atoms with E-state index in [9.17, 15) is 13.2 Å². The van der Waals surface area contributed by atoms with Crippen molar-refractivity contribution in [2.24, 2.45) is 0 Å². The standard InChI is InChI=1S/C21H25N7O4S/c22-21-25-14-18(26-21)17-4-1-15(2-5-17)12-24-20(29)11-16-3-6-19(23-13-16)27-33(30,31)28-7-9-32-10-8-28/h1-6,13-14H,7-12H2,(H,23,27)(H,24,29)(H3,22,25,26). The van der Waals surface area contributed by atoms with Gasteiger partial charge in [0.2, 0.25) is 5.91 Å². The van der Waals surface area contributed by atoms with Crippen LogP contribution in [-0.2, 0) is 32.7 Å². The normalized spacial score (nSPS) is 14.7. The number of imidazole rings is 1. The van der Waals surface area contributed by atoms with Gasteiger partial charge in [-0.1, -0.05) is 30.3 Å². The molecule has 1 amide bonds. The Labute approximate surface area is 191 Å². The van der Waals surface area contributed by atoms with Gasteiger partial charge in [-0.25, -0.2) is 9.97 Å². The Kier molecular flexibility index (Phi) is 6.87. The lowest BCUT2D eigenvalue weighted by molar-refractivity contribution is -0.120. The fourth-order valence-electron chi connectivity index (χ4n) is 3.31. The maximum Gasteiger partial charge on any atom is 0.302 e. The summed E-state index contributed by atoms with van der Waals surface area (Å²) < 4.78 is 33.7. The van der Waals surface area contributed by atoms with Crippen molar-refractivity contribution < 1.29 is 17.9 Å². The number of carbonyl (C=O) groups is 1. The van der Waals surface area contributed by atoms with E-state index < -0.39 is 10.2 Å². The molecule has 0 bridgehead atoms. The average molecular weight is 472 g/mol. The number of ether oxygens (including phenoxy) is 1. The first-order valence-electron chi connectivity index (χ1n) is 10.4. The van der Waals surface area contributed by atoms with Gasteiger partial charge in [0.05, 0.1) is 31.5 Å². The van der Waals surface area contributed by atoms with Crippen LogP contribution in [0.2, 0.25) is 0 Å². The summed E-state index contributed by atoms with van der Waals surface area (Å²) in [5.74, 6) is 0.395. The average Bonchev–Trinajstić information content (AvgIpc) is 3.26. The monoisotopic (exact) mass is 471 g/mol. The maximum atomic E-state index is 12.4. The molecule has 1 aromatic carbocycles. The third kappa shape index (κ3) is 6.06. The zero-order valence-corrected chi connectivity index (χ0v) is 18.6. The Bertz CT molecular complexity index is 1190. The zero-order chi connectivity index (χ0) is 23.3. The van der Waals surface area contributed by atoms with Gasteiger partial charge in [-0.15, -0.1) is 0 Å². The van der Waals surface area contributed by atoms with Crippen molar-refractivity contribution in [3.63, 3.8) is 0 Å². The molecule has 1 aliphatic rings. The van der Waals surface area contributed by atoms with Crippen LogP contribution in [0.5, 0.6) is 0 Å². The SMILES string of the molecule is Nc1ncc(-c2ccc(CNC(=O)Cc3ccc(NS(=O)(=O)N4CCOCC4)nc3)cc2)[nH]1. The number of amides is 1. The largest absolute Gasteiger partial charge is 0.379 e. The number of nitrogen functional groups attached to an aromatic ring is 1. The highest BCUT2D eigenvalue weighted by molar-refractivity contribution is 7.90. The van der Waals surface area contributed by atoms with Crippen molar-refractivity contribution >= 4 is 27.9 Å². The Balaban J connectivity index is 1.26. The molecule has 174 valence electrons. The molecule has 0 saturated carbocycles. The third-order valence-corrected chi connectivity index (χ3v) is 6.60. The number of nitrogens with two attached hydrogens (primary N) is 1. The van der Waals surface area contributed by atoms with Crippen LogP contribution in [0.25, 0.3) is 11.3 Å². The lowest BCUT2D eigenvalue weighted by Crippen LogP contribution is -2.43. The Morgan fingerprint density at radius 2 is 1.79 bits per heavy atom. The third-order valence-electron chi connectivity index (χ3n) is 5.08. The predicted octanol–water partition coefficient (Wildman–Crippen LogP) is 0.902. The molecule has 3 aromatic rings. The number of nitrogens with one attached hydrogen (secondary N) is 3. The molecular weight excluding hydrogens is 446 g/mol. The molecule has 1 aliphatic heterocycles. The highest BCUT2D eigenvalue weighted by atomic mass is 32.2. The topological polar surface area (TPSA) is 155 Å². The van der Waals surface area contributed by atoms with E-state index >= 15 is 0 Å². The molecule has 4 rings (SSSR count). The molecule has 33 heavy (non-hydrogen) atoms. The van der Waals surface area contributed by atoms with E-state index in [0.29, 0.717) is 44.4 Å². The van der Waals surface area contributed by atoms with Crippen LogP contribution in [0.3, 0.4) is 0 Å². The van der Waals surface area contributed by atoms with Crippen LogP contribution >= 0.6 is 0 Å². The highest BCUT2D eigenvalue weighted by Gasteiger charge is 2.24. The second kappa shape index (κ2) is 9.98. The second-order valence-corrected chi connectivity index (χ2v) is 9.17. The van der Waals surface area contributed by atoms with Gasteiger partial charge in [0.25, 0.3) is 0 Å². The van der Waals surface area contributed by atoms with Crippen LogP contribution < -0.4 is 15.8 Å². The molecule has 0 spiro atoms. The van der Waals surface area contributed by atoms with Gasteiger partial charge in [0.15, 0.2) is 5.95 Å². The number of hydrogen-bond donors (Lipinski definition) is 4. The van der Waals surface area contributed by atoms with Crippen molar-refractivity contribution in [3.05, 3.63) is 59.9 Å². The molecule has 0 aliphatic carbocycles. The highest BCUT2D eigenvalue weighted by Crippen LogP contribution is 2.18. The molecule has 3 heterocycles. The first kappa shape index (κ1) is 22.7. The predicted molar refractivity (Wildman–Crippen MR) is 123 cm³/mol. The van der Waals surface area contributed by atoms with Gasteiger partial charge in [0, 0.05) is 25.8 Å². The number of nitrogens with zero attached hydrogens (tertiary/aromatic N) is 3. The number of aromatic nitrogens is 3. The van der Waals surface area contributed by atoms with Crippen molar-refractivity contribution in [1.29, 1.82) is 0 Å². The molecule has 12 heteroatoms. The van der Waals surface area contributed by atoms with E-state index in [2.05, 4.69) is 25.0 Å². The minimum Gasteiger partial charge on any atom is -0.379 e. The van der Waals surface area contributed by atoms with Gasteiger partial charge >= 0.3 is 10.2 Å². The van der Waals surface area contributed by atoms with Gasteiger partial charge in [0.1, 0.15) is 5.82 Å². The number of carbonyl (C=O) groups excluding carboxylic acids is 1. The first-order valence-corrected chi connectivity index (χ1v) is 11.8. The molecule has 11 nitrogen and oxygen atoms in total. The fourth-order valence-corrected chi connectivity index (χ4v) is 4.45. The van der Waals surface area contributed by atoms with Crippen molar-refractivity contribution in [2.75, 3.05) is 36.8 Å². The quantitative estimate of drug-likeness (QED) is 0.380. The fraction of sp³-hybridized carbons (Fsp3) is 0.286. The number of benzene rings is 1. The Hall–Kier alpha value is -3.48. The molecule has 5 N–H and O–H groups in total. The maximum absolute atomic E-state index is 12.4. The minimum absolute atomic E-state index is 0.134. The number of morpholine rings is 1. The molecule has 1 saturated heterocycles. The number of H-pyrrole nitrogens is 1. The molecule has 2 aromatic heterocycles. The van der Waals surface area contributed by atoms with Crippen LogP contribution in [0.15, 0.2) is 48.8 Å². The number of anilines is 2. The van der Waals surface area contributed by atoms with Gasteiger partial charge in [-0.3, -0.25) is 9.52 Å². The summed E-state index contributed by atoms with van der Waals surface area (Å²) in [6, 6.07) is 10.9. The summed E-state index contributed by atoms with van der Waals surface area (Å²) >= 11 is 0. The minimum atomic E-state index is -3.68. The van der Waals surface area contributed by atoms with Gasteiger partial charge < -0.3 is 20.8 Å². The summed E-state index contributed by atoms with van der Waals surface area (Å²) in [5, 5.41) is 2.87. The van der Waals surface area contributed by atoms with Crippen molar-refractivity contribution in [2.45, 2.75) is 13.0 Å². The van der Waals surface area contributed by atoms with Crippen molar-refractivity contribution in [3.8, 4) is 11.3 Å². The molecular formula is C21H25N7O4S. The van der Waals surface area contributed by atoms with Crippen LogP contribution in [-0.4, -0.2) is 59.9 Å². The summed E-state index contributed by atoms with van der Waals surface area (Å²) in [4.78, 5) is 23.4. The molecule has 1 fully saturated rings. The van der Waals surface area contributed by atoms with Crippen molar-refractivity contribution in [1.82, 2.24) is 24.6 Å². The molecule has 0 unspecified atom stereocenters. The van der Waals surface area contributed by atoms with E-state index in [0.717, 1.165) is 16.8 Å². The van der Waals surface area contributed by atoms with Crippen LogP contribution in [0.4, 0.5) is 11.8 Å². The van der Waals surface area contributed by atoms with Crippen LogP contribution in [0, 0.1) is 0 Å². The summed E-state index contributed by atoms with van der Waals surface area (Å²) in [6.07, 6.45) is 3.29. The van der Waals surface area contributed by atoms with Gasteiger partial charge in [-0.05, 0) is 22.8 Å². The number of rotatable bonds is 8. The Morgan fingerprint density at radius 3 is 2.42 bits per heavy atom. The summed E-state index contributed by atoms with van der Waals surface area (Å²) in [5.41, 5.74) is 9.00. The second-order valence-electron chi connectivity index (χ2n) is 7.50. The number of pyridine rings is 1. The van der Waals surface area contributed by atoms with E-state index in [1.807, 2.05) is 24.3 Å². The van der Waals surface area contributed by atoms with Gasteiger partial charge in [-0.2, -0.15) is 12.7 Å². The zero-order valence-electron chi connectivity index (χ0n) is 17.8. The lowest BCUT2D eigenvalue weighted by Gasteiger charge is -2.26.